The fourth-order valence-corrected chi connectivity index (χ4v) is 2.00. The molecule has 0 saturated carbocycles. The summed E-state index contributed by atoms with van der Waals surface area (Å²) in [6.45, 7) is 1.88. The summed E-state index contributed by atoms with van der Waals surface area (Å²) in [6.07, 6.45) is 0.649. The zero-order valence-corrected chi connectivity index (χ0v) is 8.68. The van der Waals surface area contributed by atoms with Crippen molar-refractivity contribution in [2.75, 3.05) is 0 Å². The Morgan fingerprint density at radius 3 is 2.86 bits per heavy atom. The van der Waals surface area contributed by atoms with Gasteiger partial charge in [0.05, 0.1) is 5.25 Å². The molecule has 0 radical (unpaired) electrons. The monoisotopic (exact) mass is 213 g/mol. The fraction of sp³-hybridized carbons (Fsp3) is 0.300. The van der Waals surface area contributed by atoms with Crippen molar-refractivity contribution in [2.24, 2.45) is 5.73 Å². The zero-order chi connectivity index (χ0) is 10.6. The van der Waals surface area contributed by atoms with Crippen LogP contribution in [0.1, 0.15) is 13.3 Å². The largest absolute Gasteiger partial charge is 0.369 e. The van der Waals surface area contributed by atoms with Crippen LogP contribution in [-0.2, 0) is 4.79 Å². The van der Waals surface area contributed by atoms with Gasteiger partial charge in [-0.05, 0) is 24.6 Å². The lowest BCUT2D eigenvalue weighted by atomic mass is 10.3. The van der Waals surface area contributed by atoms with E-state index >= 15 is 0 Å². The Balaban J connectivity index is 2.72. The summed E-state index contributed by atoms with van der Waals surface area (Å²) in [5, 5.41) is -0.281. The van der Waals surface area contributed by atoms with E-state index in [0.29, 0.717) is 6.42 Å². The SMILES string of the molecule is CCC(Sc1cccc(F)c1)C(N)=O. The van der Waals surface area contributed by atoms with Crippen LogP contribution in [0.3, 0.4) is 0 Å². The number of hydrogen-bond acceptors (Lipinski definition) is 2. The van der Waals surface area contributed by atoms with E-state index in [9.17, 15) is 9.18 Å². The predicted octanol–water partition coefficient (Wildman–Crippen LogP) is 2.18. The predicted molar refractivity (Wildman–Crippen MR) is 55.5 cm³/mol. The van der Waals surface area contributed by atoms with Gasteiger partial charge in [-0.3, -0.25) is 4.79 Å². The number of primary amides is 1. The van der Waals surface area contributed by atoms with E-state index in [1.165, 1.54) is 23.9 Å². The average Bonchev–Trinajstić information content (AvgIpc) is 2.14. The molecule has 0 heterocycles. The summed E-state index contributed by atoms with van der Waals surface area (Å²) in [5.74, 6) is -0.656. The smallest absolute Gasteiger partial charge is 0.230 e. The number of benzene rings is 1. The van der Waals surface area contributed by atoms with Crippen LogP contribution in [0.25, 0.3) is 0 Å². The molecule has 1 atom stereocenters. The molecule has 0 aliphatic carbocycles. The molecule has 14 heavy (non-hydrogen) atoms. The Morgan fingerprint density at radius 2 is 2.36 bits per heavy atom. The van der Waals surface area contributed by atoms with Gasteiger partial charge in [-0.15, -0.1) is 11.8 Å². The van der Waals surface area contributed by atoms with Crippen LogP contribution in [0.15, 0.2) is 29.2 Å². The first-order valence-electron chi connectivity index (χ1n) is 4.35. The van der Waals surface area contributed by atoms with Crippen molar-refractivity contribution in [2.45, 2.75) is 23.5 Å². The molecule has 0 fully saturated rings. The minimum Gasteiger partial charge on any atom is -0.369 e. The lowest BCUT2D eigenvalue weighted by molar-refractivity contribution is -0.117. The molecule has 1 amide bonds. The summed E-state index contributed by atoms with van der Waals surface area (Å²) >= 11 is 1.30. The first kappa shape index (κ1) is 11.0. The Bertz CT molecular complexity index is 330. The second-order valence-corrected chi connectivity index (χ2v) is 4.15. The Kier molecular flexibility index (Phi) is 3.95. The molecule has 1 aromatic rings. The van der Waals surface area contributed by atoms with Gasteiger partial charge in [0.25, 0.3) is 0 Å². The highest BCUT2D eigenvalue weighted by Gasteiger charge is 2.14. The van der Waals surface area contributed by atoms with Crippen LogP contribution < -0.4 is 5.73 Å². The van der Waals surface area contributed by atoms with Crippen LogP contribution in [0.5, 0.6) is 0 Å². The van der Waals surface area contributed by atoms with Crippen LogP contribution in [0.4, 0.5) is 4.39 Å². The van der Waals surface area contributed by atoms with Crippen molar-refractivity contribution < 1.29 is 9.18 Å². The molecule has 0 aliphatic heterocycles. The molecule has 2 N–H and O–H groups in total. The highest BCUT2D eigenvalue weighted by atomic mass is 32.2. The van der Waals surface area contributed by atoms with E-state index in [4.69, 9.17) is 5.73 Å². The molecule has 76 valence electrons. The molecule has 0 aromatic heterocycles. The molecule has 1 rings (SSSR count). The summed E-state index contributed by atoms with van der Waals surface area (Å²) in [4.78, 5) is 11.7. The van der Waals surface area contributed by atoms with Gasteiger partial charge in [0.1, 0.15) is 5.82 Å². The van der Waals surface area contributed by atoms with Crippen molar-refractivity contribution in [3.8, 4) is 0 Å². The third kappa shape index (κ3) is 3.03. The molecule has 1 aromatic carbocycles. The van der Waals surface area contributed by atoms with Crippen LogP contribution in [0.2, 0.25) is 0 Å². The number of rotatable bonds is 4. The summed E-state index contributed by atoms with van der Waals surface area (Å²) in [5.41, 5.74) is 5.18. The molecule has 1 unspecified atom stereocenters. The minimum atomic E-state index is -0.359. The number of amides is 1. The van der Waals surface area contributed by atoms with Crippen molar-refractivity contribution >= 4 is 17.7 Å². The molecular formula is C10H12FNOS. The van der Waals surface area contributed by atoms with Gasteiger partial charge >= 0.3 is 0 Å². The Labute approximate surface area is 86.7 Å². The number of carbonyl (C=O) groups is 1. The van der Waals surface area contributed by atoms with Gasteiger partial charge < -0.3 is 5.73 Å². The van der Waals surface area contributed by atoms with Crippen molar-refractivity contribution in [1.29, 1.82) is 0 Å². The average molecular weight is 213 g/mol. The number of nitrogens with two attached hydrogens (primary N) is 1. The third-order valence-corrected chi connectivity index (χ3v) is 3.14. The van der Waals surface area contributed by atoms with E-state index in [1.807, 2.05) is 6.92 Å². The lowest BCUT2D eigenvalue weighted by Gasteiger charge is -2.09. The van der Waals surface area contributed by atoms with Crippen molar-refractivity contribution in [3.05, 3.63) is 30.1 Å². The van der Waals surface area contributed by atoms with E-state index in [-0.39, 0.29) is 17.0 Å². The molecule has 0 aliphatic rings. The summed E-state index contributed by atoms with van der Waals surface area (Å²) in [6, 6.07) is 6.15. The maximum Gasteiger partial charge on any atom is 0.230 e. The lowest BCUT2D eigenvalue weighted by Crippen LogP contribution is -2.24. The molecular weight excluding hydrogens is 201 g/mol. The molecule has 0 saturated heterocycles. The Morgan fingerprint density at radius 1 is 1.64 bits per heavy atom. The standard InChI is InChI=1S/C10H12FNOS/c1-2-9(10(12)13)14-8-5-3-4-7(11)6-8/h3-6,9H,2H2,1H3,(H2,12,13). The van der Waals surface area contributed by atoms with Gasteiger partial charge in [0.15, 0.2) is 0 Å². The Hall–Kier alpha value is -1.03. The zero-order valence-electron chi connectivity index (χ0n) is 7.87. The molecule has 2 nitrogen and oxygen atoms in total. The number of hydrogen-bond donors (Lipinski definition) is 1. The van der Waals surface area contributed by atoms with Gasteiger partial charge in [-0.25, -0.2) is 4.39 Å². The topological polar surface area (TPSA) is 43.1 Å². The first-order chi connectivity index (χ1) is 6.63. The molecule has 0 bridgehead atoms. The quantitative estimate of drug-likeness (QED) is 0.779. The van der Waals surface area contributed by atoms with Gasteiger partial charge in [-0.2, -0.15) is 0 Å². The number of halogens is 1. The maximum atomic E-state index is 12.8. The third-order valence-electron chi connectivity index (χ3n) is 1.76. The summed E-state index contributed by atoms with van der Waals surface area (Å²) < 4.78 is 12.8. The van der Waals surface area contributed by atoms with Crippen LogP contribution in [-0.4, -0.2) is 11.2 Å². The summed E-state index contributed by atoms with van der Waals surface area (Å²) in [7, 11) is 0. The first-order valence-corrected chi connectivity index (χ1v) is 5.23. The van der Waals surface area contributed by atoms with E-state index in [2.05, 4.69) is 0 Å². The van der Waals surface area contributed by atoms with E-state index in [0.717, 1.165) is 4.90 Å². The van der Waals surface area contributed by atoms with Gasteiger partial charge in [-0.1, -0.05) is 13.0 Å². The molecule has 0 spiro atoms. The van der Waals surface area contributed by atoms with E-state index in [1.54, 1.807) is 12.1 Å². The van der Waals surface area contributed by atoms with E-state index < -0.39 is 0 Å². The van der Waals surface area contributed by atoms with Crippen molar-refractivity contribution in [3.63, 3.8) is 0 Å². The minimum absolute atomic E-state index is 0.281. The highest BCUT2D eigenvalue weighted by Crippen LogP contribution is 2.25. The highest BCUT2D eigenvalue weighted by molar-refractivity contribution is 8.00. The van der Waals surface area contributed by atoms with Gasteiger partial charge in [0, 0.05) is 4.90 Å². The van der Waals surface area contributed by atoms with Gasteiger partial charge in [0.2, 0.25) is 5.91 Å². The second-order valence-electron chi connectivity index (χ2n) is 2.87. The van der Waals surface area contributed by atoms with Crippen LogP contribution >= 0.6 is 11.8 Å². The molecule has 4 heteroatoms. The number of thioether (sulfide) groups is 1. The fourth-order valence-electron chi connectivity index (χ4n) is 1.05. The van der Waals surface area contributed by atoms with Crippen LogP contribution in [0, 0.1) is 5.82 Å². The van der Waals surface area contributed by atoms with Crippen molar-refractivity contribution in [1.82, 2.24) is 0 Å². The normalized spacial score (nSPS) is 12.4. The maximum absolute atomic E-state index is 12.8. The number of carbonyl (C=O) groups excluding carboxylic acids is 1. The second kappa shape index (κ2) is 5.00.